The minimum atomic E-state index is -0.925. The van der Waals surface area contributed by atoms with Crippen LogP contribution in [-0.4, -0.2) is 46.5 Å². The highest BCUT2D eigenvalue weighted by molar-refractivity contribution is 6.42. The fraction of sp³-hybridized carbons (Fsp3) is 0.154. The van der Waals surface area contributed by atoms with Gasteiger partial charge in [0, 0.05) is 5.56 Å². The Bertz CT molecular complexity index is 1450. The molecule has 4 aromatic rings. The number of nitrogens with one attached hydrogen (secondary N) is 1. The molecule has 0 saturated heterocycles. The van der Waals surface area contributed by atoms with Crippen LogP contribution in [0.15, 0.2) is 65.8 Å². The molecule has 0 aliphatic carbocycles. The fourth-order valence-corrected chi connectivity index (χ4v) is 3.82. The number of halogens is 2. The summed E-state index contributed by atoms with van der Waals surface area (Å²) < 4.78 is 12.3. The zero-order valence-electron chi connectivity index (χ0n) is 19.6. The first kappa shape index (κ1) is 26.0. The van der Waals surface area contributed by atoms with Crippen molar-refractivity contribution in [1.29, 1.82) is 0 Å². The number of nitrogens with zero attached hydrogens (tertiary/aromatic N) is 3. The van der Waals surface area contributed by atoms with Crippen molar-refractivity contribution in [1.82, 2.24) is 15.0 Å². The van der Waals surface area contributed by atoms with Crippen molar-refractivity contribution in [3.63, 3.8) is 0 Å². The molecule has 11 heteroatoms. The number of fused-ring (bicyclic) bond motifs is 1. The van der Waals surface area contributed by atoms with E-state index in [0.717, 1.165) is 11.1 Å². The van der Waals surface area contributed by atoms with Crippen LogP contribution in [-0.2, 0) is 16.1 Å². The molecule has 2 N–H and O–H groups in total. The Morgan fingerprint density at radius 1 is 1.05 bits per heavy atom. The first-order valence-electron chi connectivity index (χ1n) is 11.1. The number of rotatable bonds is 10. The average Bonchev–Trinajstić information content (AvgIpc) is 3.21. The number of amides is 1. The van der Waals surface area contributed by atoms with Gasteiger partial charge in [-0.05, 0) is 66.2 Å². The fourth-order valence-electron chi connectivity index (χ4n) is 3.50. The van der Waals surface area contributed by atoms with Crippen LogP contribution < -0.4 is 14.9 Å². The van der Waals surface area contributed by atoms with Crippen LogP contribution in [0.3, 0.4) is 0 Å². The van der Waals surface area contributed by atoms with Crippen molar-refractivity contribution in [3.05, 3.63) is 76.3 Å². The van der Waals surface area contributed by atoms with E-state index in [1.807, 2.05) is 24.3 Å². The van der Waals surface area contributed by atoms with E-state index in [2.05, 4.69) is 15.5 Å². The van der Waals surface area contributed by atoms with E-state index in [-0.39, 0.29) is 25.5 Å². The van der Waals surface area contributed by atoms with Gasteiger partial charge in [-0.25, -0.2) is 10.4 Å². The van der Waals surface area contributed by atoms with Crippen molar-refractivity contribution in [2.45, 2.75) is 13.0 Å². The number of carboxylic acid groups (broad SMARTS) is 1. The van der Waals surface area contributed by atoms with E-state index in [0.29, 0.717) is 38.4 Å². The van der Waals surface area contributed by atoms with E-state index in [9.17, 15) is 9.59 Å². The molecule has 1 heterocycles. The van der Waals surface area contributed by atoms with Gasteiger partial charge in [0.25, 0.3) is 5.91 Å². The number of aromatic nitrogens is 2. The molecule has 4 rings (SSSR count). The standard InChI is InChI=1S/C26H22Cl2N4O5/c1-36-18-8-4-17(5-9-18)26-30-22-12-20(27)21(28)13-23(22)32(26)15-24(33)31-29-14-16-2-6-19(7-3-16)37-11-10-25(34)35/h2-9,12-14H,10-11,15H2,1H3,(H,31,33)(H,34,35). The molecule has 37 heavy (non-hydrogen) atoms. The summed E-state index contributed by atoms with van der Waals surface area (Å²) in [7, 11) is 1.59. The highest BCUT2D eigenvalue weighted by Gasteiger charge is 2.17. The monoisotopic (exact) mass is 540 g/mol. The Labute approximate surface area is 222 Å². The van der Waals surface area contributed by atoms with Crippen LogP contribution in [0.2, 0.25) is 10.0 Å². The molecule has 0 atom stereocenters. The second-order valence-electron chi connectivity index (χ2n) is 7.86. The molecule has 0 fully saturated rings. The normalized spacial score (nSPS) is 11.1. The van der Waals surface area contributed by atoms with Crippen molar-refractivity contribution < 1.29 is 24.2 Å². The lowest BCUT2D eigenvalue weighted by Gasteiger charge is -2.09. The SMILES string of the molecule is COc1ccc(-c2nc3cc(Cl)c(Cl)cc3n2CC(=O)NN=Cc2ccc(OCCC(=O)O)cc2)cc1. The molecular formula is C26H22Cl2N4O5. The number of benzene rings is 3. The molecule has 190 valence electrons. The lowest BCUT2D eigenvalue weighted by molar-refractivity contribution is -0.137. The van der Waals surface area contributed by atoms with Gasteiger partial charge in [-0.15, -0.1) is 0 Å². The third-order valence-corrected chi connectivity index (χ3v) is 6.03. The van der Waals surface area contributed by atoms with Crippen LogP contribution >= 0.6 is 23.2 Å². The molecule has 0 saturated carbocycles. The molecule has 1 aromatic heterocycles. The topological polar surface area (TPSA) is 115 Å². The zero-order chi connectivity index (χ0) is 26.4. The van der Waals surface area contributed by atoms with E-state index in [4.69, 9.17) is 37.8 Å². The second-order valence-corrected chi connectivity index (χ2v) is 8.67. The minimum Gasteiger partial charge on any atom is -0.497 e. The number of hydrogen-bond donors (Lipinski definition) is 2. The molecule has 0 unspecified atom stereocenters. The molecule has 0 aliphatic heterocycles. The molecular weight excluding hydrogens is 519 g/mol. The average molecular weight is 541 g/mol. The summed E-state index contributed by atoms with van der Waals surface area (Å²) in [4.78, 5) is 28.0. The van der Waals surface area contributed by atoms with Crippen LogP contribution in [0.25, 0.3) is 22.4 Å². The van der Waals surface area contributed by atoms with E-state index < -0.39 is 5.97 Å². The number of carbonyl (C=O) groups is 2. The van der Waals surface area contributed by atoms with Gasteiger partial charge in [0.1, 0.15) is 23.9 Å². The lowest BCUT2D eigenvalue weighted by Crippen LogP contribution is -2.23. The third kappa shape index (κ3) is 6.58. The molecule has 0 bridgehead atoms. The summed E-state index contributed by atoms with van der Waals surface area (Å²) in [6.07, 6.45) is 1.41. The van der Waals surface area contributed by atoms with Gasteiger partial charge >= 0.3 is 5.97 Å². The number of aliphatic carboxylic acids is 1. The molecule has 9 nitrogen and oxygen atoms in total. The quantitative estimate of drug-likeness (QED) is 0.215. The van der Waals surface area contributed by atoms with Gasteiger partial charge < -0.3 is 19.1 Å². The number of hydrogen-bond acceptors (Lipinski definition) is 6. The van der Waals surface area contributed by atoms with Gasteiger partial charge in [-0.2, -0.15) is 5.10 Å². The van der Waals surface area contributed by atoms with Gasteiger partial charge in [-0.3, -0.25) is 9.59 Å². The molecule has 0 spiro atoms. The van der Waals surface area contributed by atoms with E-state index in [1.165, 1.54) is 6.21 Å². The molecule has 3 aromatic carbocycles. The Balaban J connectivity index is 1.49. The van der Waals surface area contributed by atoms with Crippen molar-refractivity contribution in [2.24, 2.45) is 5.10 Å². The van der Waals surface area contributed by atoms with Crippen molar-refractivity contribution >= 4 is 52.3 Å². The minimum absolute atomic E-state index is 0.0660. The number of carbonyl (C=O) groups excluding carboxylic acids is 1. The van der Waals surface area contributed by atoms with Gasteiger partial charge in [0.2, 0.25) is 0 Å². The highest BCUT2D eigenvalue weighted by atomic mass is 35.5. The predicted octanol–water partition coefficient (Wildman–Crippen LogP) is 5.02. The maximum Gasteiger partial charge on any atom is 0.306 e. The Morgan fingerprint density at radius 2 is 1.73 bits per heavy atom. The smallest absolute Gasteiger partial charge is 0.306 e. The second kappa shape index (κ2) is 11.8. The van der Waals surface area contributed by atoms with Crippen molar-refractivity contribution in [2.75, 3.05) is 13.7 Å². The first-order valence-corrected chi connectivity index (χ1v) is 11.9. The van der Waals surface area contributed by atoms with Crippen LogP contribution in [0.4, 0.5) is 0 Å². The summed E-state index contributed by atoms with van der Waals surface area (Å²) in [5.41, 5.74) is 5.28. The maximum atomic E-state index is 12.8. The number of hydrazone groups is 1. The van der Waals surface area contributed by atoms with Crippen molar-refractivity contribution in [3.8, 4) is 22.9 Å². The van der Waals surface area contributed by atoms with Gasteiger partial charge in [0.05, 0.1) is 47.4 Å². The Kier molecular flexibility index (Phi) is 8.27. The lowest BCUT2D eigenvalue weighted by atomic mass is 10.2. The number of imidazole rings is 1. The van der Waals surface area contributed by atoms with Gasteiger partial charge in [0.15, 0.2) is 0 Å². The molecule has 0 radical (unpaired) electrons. The molecule has 1 amide bonds. The summed E-state index contributed by atoms with van der Waals surface area (Å²) in [6, 6.07) is 17.5. The third-order valence-electron chi connectivity index (χ3n) is 5.31. The van der Waals surface area contributed by atoms with E-state index in [1.54, 1.807) is 48.1 Å². The summed E-state index contributed by atoms with van der Waals surface area (Å²) in [5.74, 6) is 0.508. The van der Waals surface area contributed by atoms with Gasteiger partial charge in [-0.1, -0.05) is 23.2 Å². The zero-order valence-corrected chi connectivity index (χ0v) is 21.2. The van der Waals surface area contributed by atoms with Crippen LogP contribution in [0, 0.1) is 0 Å². The largest absolute Gasteiger partial charge is 0.497 e. The Morgan fingerprint density at radius 3 is 2.41 bits per heavy atom. The summed E-state index contributed by atoms with van der Waals surface area (Å²) >= 11 is 12.4. The van der Waals surface area contributed by atoms with Crippen LogP contribution in [0.1, 0.15) is 12.0 Å². The van der Waals surface area contributed by atoms with Crippen LogP contribution in [0.5, 0.6) is 11.5 Å². The molecule has 0 aliphatic rings. The number of ether oxygens (including phenoxy) is 2. The van der Waals surface area contributed by atoms with E-state index >= 15 is 0 Å². The predicted molar refractivity (Wildman–Crippen MR) is 142 cm³/mol. The maximum absolute atomic E-state index is 12.8. The summed E-state index contributed by atoms with van der Waals surface area (Å²) in [6.45, 7) is 0.0151. The first-order chi connectivity index (χ1) is 17.8. The summed E-state index contributed by atoms with van der Waals surface area (Å²) in [5, 5.41) is 13.4. The number of methoxy groups -OCH3 is 1. The highest BCUT2D eigenvalue weighted by Crippen LogP contribution is 2.32. The number of carboxylic acids is 1. The Hall–Kier alpha value is -4.08.